The topological polar surface area (TPSA) is 90.5 Å². The molecule has 1 N–H and O–H groups in total. The van der Waals surface area contributed by atoms with Gasteiger partial charge in [0.25, 0.3) is 11.5 Å². The van der Waals surface area contributed by atoms with E-state index in [0.717, 1.165) is 5.69 Å². The molecule has 0 radical (unpaired) electrons. The van der Waals surface area contributed by atoms with Crippen LogP contribution >= 0.6 is 0 Å². The first-order chi connectivity index (χ1) is 13.8. The zero-order valence-electron chi connectivity index (χ0n) is 16.7. The van der Waals surface area contributed by atoms with Crippen molar-refractivity contribution in [3.63, 3.8) is 0 Å². The summed E-state index contributed by atoms with van der Waals surface area (Å²) in [6.45, 7) is 6.49. The number of pyridine rings is 1. The fraction of sp³-hybridized carbons (Fsp3) is 0.318. The maximum absolute atomic E-state index is 12.4. The largest absolute Gasteiger partial charge is 0.491 e. The van der Waals surface area contributed by atoms with E-state index in [1.165, 1.54) is 12.1 Å². The lowest BCUT2D eigenvalue weighted by atomic mass is 10.1. The van der Waals surface area contributed by atoms with Gasteiger partial charge >= 0.3 is 5.63 Å². The Bertz CT molecular complexity index is 1140. The molecule has 0 bridgehead atoms. The van der Waals surface area contributed by atoms with Gasteiger partial charge in [0.2, 0.25) is 0 Å². The molecule has 0 aliphatic heterocycles. The van der Waals surface area contributed by atoms with E-state index in [-0.39, 0.29) is 17.2 Å². The standard InChI is InChI=1S/C22H24N2O5/c1-14(2)28-17-9-8-16-12-18(22(27)29-19(16)13-17)21(26)23-10-5-11-24-15(3)6-4-7-20(24)25/h4,6-9,12-14H,5,10-11H2,1-3H3,(H,23,26). The zero-order chi connectivity index (χ0) is 21.0. The summed E-state index contributed by atoms with van der Waals surface area (Å²) < 4.78 is 12.5. The molecule has 0 saturated carbocycles. The molecular formula is C22H24N2O5. The van der Waals surface area contributed by atoms with Gasteiger partial charge in [0.15, 0.2) is 0 Å². The third-order valence-electron chi connectivity index (χ3n) is 4.44. The number of fused-ring (bicyclic) bond motifs is 1. The molecule has 2 aromatic heterocycles. The summed E-state index contributed by atoms with van der Waals surface area (Å²) in [6.07, 6.45) is 0.561. The molecule has 0 spiro atoms. The van der Waals surface area contributed by atoms with Crippen molar-refractivity contribution in [1.82, 2.24) is 9.88 Å². The van der Waals surface area contributed by atoms with Crippen molar-refractivity contribution in [2.24, 2.45) is 0 Å². The normalized spacial score (nSPS) is 11.0. The van der Waals surface area contributed by atoms with Crippen molar-refractivity contribution in [3.8, 4) is 5.75 Å². The molecule has 3 aromatic rings. The van der Waals surface area contributed by atoms with Crippen LogP contribution in [0, 0.1) is 6.92 Å². The number of benzene rings is 1. The third-order valence-corrected chi connectivity index (χ3v) is 4.44. The molecule has 0 aliphatic rings. The summed E-state index contributed by atoms with van der Waals surface area (Å²) in [5, 5.41) is 3.35. The average Bonchev–Trinajstić information content (AvgIpc) is 2.65. The van der Waals surface area contributed by atoms with E-state index in [2.05, 4.69) is 5.32 Å². The van der Waals surface area contributed by atoms with Crippen molar-refractivity contribution in [1.29, 1.82) is 0 Å². The quantitative estimate of drug-likeness (QED) is 0.490. The Morgan fingerprint density at radius 3 is 2.69 bits per heavy atom. The van der Waals surface area contributed by atoms with Crippen LogP contribution in [0.2, 0.25) is 0 Å². The second kappa shape index (κ2) is 8.77. The van der Waals surface area contributed by atoms with Crippen LogP contribution in [-0.4, -0.2) is 23.1 Å². The summed E-state index contributed by atoms with van der Waals surface area (Å²) in [5.41, 5.74) is 0.394. The molecule has 0 aliphatic carbocycles. The number of hydrogen-bond acceptors (Lipinski definition) is 5. The predicted molar refractivity (Wildman–Crippen MR) is 111 cm³/mol. The zero-order valence-corrected chi connectivity index (χ0v) is 16.7. The maximum atomic E-state index is 12.4. The van der Waals surface area contributed by atoms with Gasteiger partial charge in [-0.05, 0) is 51.5 Å². The summed E-state index contributed by atoms with van der Waals surface area (Å²) in [6, 6.07) is 11.7. The highest BCUT2D eigenvalue weighted by atomic mass is 16.5. The minimum atomic E-state index is -0.702. The van der Waals surface area contributed by atoms with Crippen LogP contribution in [0.1, 0.15) is 36.3 Å². The van der Waals surface area contributed by atoms with E-state index in [1.807, 2.05) is 26.8 Å². The number of rotatable bonds is 7. The lowest BCUT2D eigenvalue weighted by Crippen LogP contribution is -2.30. The van der Waals surface area contributed by atoms with E-state index in [0.29, 0.717) is 36.2 Å². The van der Waals surface area contributed by atoms with Crippen LogP contribution in [0.15, 0.2) is 56.5 Å². The molecular weight excluding hydrogens is 372 g/mol. The van der Waals surface area contributed by atoms with E-state index in [9.17, 15) is 14.4 Å². The van der Waals surface area contributed by atoms with Gasteiger partial charge in [-0.25, -0.2) is 4.79 Å². The van der Waals surface area contributed by atoms with E-state index in [4.69, 9.17) is 9.15 Å². The molecule has 2 heterocycles. The molecule has 1 amide bonds. The van der Waals surface area contributed by atoms with Crippen LogP contribution in [0.25, 0.3) is 11.0 Å². The summed E-state index contributed by atoms with van der Waals surface area (Å²) in [5.74, 6) is 0.0968. The molecule has 29 heavy (non-hydrogen) atoms. The molecule has 0 unspecified atom stereocenters. The highest BCUT2D eigenvalue weighted by Gasteiger charge is 2.14. The fourth-order valence-corrected chi connectivity index (χ4v) is 3.04. The summed E-state index contributed by atoms with van der Waals surface area (Å²) >= 11 is 0. The van der Waals surface area contributed by atoms with Crippen LogP contribution in [-0.2, 0) is 6.54 Å². The Morgan fingerprint density at radius 2 is 1.97 bits per heavy atom. The Balaban J connectivity index is 1.66. The first kappa shape index (κ1) is 20.4. The second-order valence-corrected chi connectivity index (χ2v) is 7.08. The number of nitrogens with one attached hydrogen (secondary N) is 1. The number of aromatic nitrogens is 1. The van der Waals surface area contributed by atoms with Gasteiger partial charge in [0, 0.05) is 36.3 Å². The minimum Gasteiger partial charge on any atom is -0.491 e. The van der Waals surface area contributed by atoms with Gasteiger partial charge in [-0.1, -0.05) is 6.07 Å². The SMILES string of the molecule is Cc1cccc(=O)n1CCCNC(=O)c1cc2ccc(OC(C)C)cc2oc1=O. The summed E-state index contributed by atoms with van der Waals surface area (Å²) in [4.78, 5) is 36.5. The molecule has 0 fully saturated rings. The maximum Gasteiger partial charge on any atom is 0.349 e. The van der Waals surface area contributed by atoms with E-state index in [1.54, 1.807) is 28.8 Å². The lowest BCUT2D eigenvalue weighted by Gasteiger charge is -2.11. The molecule has 152 valence electrons. The molecule has 0 saturated heterocycles. The van der Waals surface area contributed by atoms with Crippen LogP contribution < -0.4 is 21.2 Å². The van der Waals surface area contributed by atoms with Crippen molar-refractivity contribution in [2.75, 3.05) is 6.54 Å². The van der Waals surface area contributed by atoms with E-state index >= 15 is 0 Å². The number of aryl methyl sites for hydroxylation is 1. The Kier molecular flexibility index (Phi) is 6.16. The van der Waals surface area contributed by atoms with Crippen LogP contribution in [0.3, 0.4) is 0 Å². The molecule has 0 atom stereocenters. The van der Waals surface area contributed by atoms with Crippen molar-refractivity contribution >= 4 is 16.9 Å². The highest BCUT2D eigenvalue weighted by molar-refractivity contribution is 5.96. The molecule has 3 rings (SSSR count). The first-order valence-electron chi connectivity index (χ1n) is 9.54. The second-order valence-electron chi connectivity index (χ2n) is 7.08. The number of nitrogens with zero attached hydrogens (tertiary/aromatic N) is 1. The summed E-state index contributed by atoms with van der Waals surface area (Å²) in [7, 11) is 0. The minimum absolute atomic E-state index is 0.000228. The monoisotopic (exact) mass is 396 g/mol. The predicted octanol–water partition coefficient (Wildman–Crippen LogP) is 2.87. The van der Waals surface area contributed by atoms with Crippen molar-refractivity contribution in [2.45, 2.75) is 39.8 Å². The van der Waals surface area contributed by atoms with Crippen LogP contribution in [0.5, 0.6) is 5.75 Å². The number of carbonyl (C=O) groups excluding carboxylic acids is 1. The van der Waals surface area contributed by atoms with E-state index < -0.39 is 11.5 Å². The molecule has 7 heteroatoms. The first-order valence-corrected chi connectivity index (χ1v) is 9.54. The van der Waals surface area contributed by atoms with Crippen molar-refractivity contribution in [3.05, 3.63) is 74.5 Å². The lowest BCUT2D eigenvalue weighted by molar-refractivity contribution is 0.0949. The van der Waals surface area contributed by atoms with Gasteiger partial charge in [-0.15, -0.1) is 0 Å². The molecule has 7 nitrogen and oxygen atoms in total. The van der Waals surface area contributed by atoms with Gasteiger partial charge < -0.3 is 19.0 Å². The van der Waals surface area contributed by atoms with Gasteiger partial charge in [-0.2, -0.15) is 0 Å². The number of amides is 1. The average molecular weight is 396 g/mol. The number of ether oxygens (including phenoxy) is 1. The smallest absolute Gasteiger partial charge is 0.349 e. The highest BCUT2D eigenvalue weighted by Crippen LogP contribution is 2.21. The fourth-order valence-electron chi connectivity index (χ4n) is 3.04. The number of hydrogen-bond donors (Lipinski definition) is 1. The number of carbonyl (C=O) groups is 1. The van der Waals surface area contributed by atoms with Crippen molar-refractivity contribution < 1.29 is 13.9 Å². The Morgan fingerprint density at radius 1 is 1.17 bits per heavy atom. The van der Waals surface area contributed by atoms with Gasteiger partial charge in [0.05, 0.1) is 6.10 Å². The van der Waals surface area contributed by atoms with Gasteiger partial charge in [-0.3, -0.25) is 9.59 Å². The Hall–Kier alpha value is -3.35. The van der Waals surface area contributed by atoms with Crippen LogP contribution in [0.4, 0.5) is 0 Å². The molecule has 1 aromatic carbocycles. The van der Waals surface area contributed by atoms with Gasteiger partial charge in [0.1, 0.15) is 16.9 Å². The Labute approximate surface area is 167 Å². The third kappa shape index (κ3) is 4.93.